The van der Waals surface area contributed by atoms with Crippen molar-refractivity contribution in [3.63, 3.8) is 0 Å². The lowest BCUT2D eigenvalue weighted by Crippen LogP contribution is -2.52. The second-order valence-corrected chi connectivity index (χ2v) is 8.78. The Hall–Kier alpha value is -3.02. The van der Waals surface area contributed by atoms with E-state index < -0.39 is 5.60 Å². The number of hydrogen-bond donors (Lipinski definition) is 0. The maximum absolute atomic E-state index is 12.8. The molecule has 2 heterocycles. The van der Waals surface area contributed by atoms with Crippen LogP contribution in [0.2, 0.25) is 0 Å². The minimum absolute atomic E-state index is 0.132. The number of carbonyl (C=O) groups excluding carboxylic acids is 2. The number of fused-ring (bicyclic) bond motifs is 1. The summed E-state index contributed by atoms with van der Waals surface area (Å²) in [5.74, 6) is 2.56. The van der Waals surface area contributed by atoms with Gasteiger partial charge in [0.2, 0.25) is 5.91 Å². The summed E-state index contributed by atoms with van der Waals surface area (Å²) in [6.45, 7) is 5.76. The van der Waals surface area contributed by atoms with Crippen LogP contribution in [0.1, 0.15) is 53.6 Å². The van der Waals surface area contributed by atoms with Crippen molar-refractivity contribution >= 4 is 11.7 Å². The first kappa shape index (κ1) is 22.2. The first-order chi connectivity index (χ1) is 15.4. The molecule has 6 heteroatoms. The maximum atomic E-state index is 12.8. The lowest BCUT2D eigenvalue weighted by Gasteiger charge is -2.44. The number of ketones is 1. The van der Waals surface area contributed by atoms with E-state index in [2.05, 4.69) is 0 Å². The van der Waals surface area contributed by atoms with E-state index in [1.165, 1.54) is 0 Å². The van der Waals surface area contributed by atoms with Crippen LogP contribution < -0.4 is 14.2 Å². The number of hydrogen-bond acceptors (Lipinski definition) is 5. The minimum Gasteiger partial charge on any atom is -0.497 e. The largest absolute Gasteiger partial charge is 0.497 e. The van der Waals surface area contributed by atoms with Crippen molar-refractivity contribution in [2.24, 2.45) is 0 Å². The molecule has 0 aromatic heterocycles. The van der Waals surface area contributed by atoms with Crippen LogP contribution in [0.5, 0.6) is 17.2 Å². The highest BCUT2D eigenvalue weighted by Gasteiger charge is 2.44. The van der Waals surface area contributed by atoms with Crippen LogP contribution in [0.15, 0.2) is 36.4 Å². The number of benzene rings is 2. The van der Waals surface area contributed by atoms with Crippen LogP contribution in [0.3, 0.4) is 0 Å². The Labute approximate surface area is 189 Å². The van der Waals surface area contributed by atoms with Crippen molar-refractivity contribution < 1.29 is 23.8 Å². The number of Topliss-reactive ketones (excluding diaryl/α,β-unsaturated/α-hetero) is 1. The van der Waals surface area contributed by atoms with E-state index >= 15 is 0 Å². The Balaban J connectivity index is 1.26. The van der Waals surface area contributed by atoms with Crippen LogP contribution in [-0.4, -0.2) is 49.0 Å². The van der Waals surface area contributed by atoms with Gasteiger partial charge in [-0.25, -0.2) is 0 Å². The molecule has 0 unspecified atom stereocenters. The summed E-state index contributed by atoms with van der Waals surface area (Å²) >= 11 is 0. The Morgan fingerprint density at radius 1 is 1.06 bits per heavy atom. The van der Waals surface area contributed by atoms with Crippen molar-refractivity contribution in [1.29, 1.82) is 0 Å². The minimum atomic E-state index is -0.489. The predicted octanol–water partition coefficient (Wildman–Crippen LogP) is 4.50. The van der Waals surface area contributed by atoms with Gasteiger partial charge in [-0.1, -0.05) is 6.07 Å². The van der Waals surface area contributed by atoms with Gasteiger partial charge in [-0.05, 0) is 61.7 Å². The molecular formula is C26H31NO5. The van der Waals surface area contributed by atoms with E-state index in [0.29, 0.717) is 57.4 Å². The number of methoxy groups -OCH3 is 1. The van der Waals surface area contributed by atoms with Crippen molar-refractivity contribution in [2.75, 3.05) is 26.8 Å². The molecular weight excluding hydrogens is 406 g/mol. The Morgan fingerprint density at radius 2 is 1.75 bits per heavy atom. The summed E-state index contributed by atoms with van der Waals surface area (Å²) in [7, 11) is 1.63. The third-order valence-electron chi connectivity index (χ3n) is 6.67. The molecule has 0 N–H and O–H groups in total. The molecule has 0 radical (unpaired) electrons. The van der Waals surface area contributed by atoms with Crippen molar-refractivity contribution in [2.45, 2.75) is 51.6 Å². The molecule has 2 aromatic rings. The van der Waals surface area contributed by atoms with Gasteiger partial charge in [-0.15, -0.1) is 0 Å². The van der Waals surface area contributed by atoms with Gasteiger partial charge in [0.15, 0.2) is 5.78 Å². The standard InChI is InChI=1S/C26H31NO5/c1-18-6-11-22-23(28)17-26(32-25(22)19(18)2)12-14-27(15-13-26)24(29)5-4-16-31-21-9-7-20(30-3)8-10-21/h6-11H,4-5,12-17H2,1-3H3. The molecule has 4 rings (SSSR count). The molecule has 0 bridgehead atoms. The summed E-state index contributed by atoms with van der Waals surface area (Å²) in [4.78, 5) is 27.3. The Kier molecular flexibility index (Phi) is 6.40. The molecule has 1 fully saturated rings. The summed E-state index contributed by atoms with van der Waals surface area (Å²) in [6, 6.07) is 11.3. The zero-order chi connectivity index (χ0) is 22.7. The van der Waals surface area contributed by atoms with E-state index in [9.17, 15) is 9.59 Å². The van der Waals surface area contributed by atoms with E-state index in [4.69, 9.17) is 14.2 Å². The van der Waals surface area contributed by atoms with Crippen LogP contribution in [-0.2, 0) is 4.79 Å². The number of ether oxygens (including phenoxy) is 3. The average molecular weight is 438 g/mol. The first-order valence-electron chi connectivity index (χ1n) is 11.3. The summed E-state index contributed by atoms with van der Waals surface area (Å²) in [5.41, 5.74) is 2.36. The highest BCUT2D eigenvalue weighted by atomic mass is 16.5. The van der Waals surface area contributed by atoms with Gasteiger partial charge >= 0.3 is 0 Å². The van der Waals surface area contributed by atoms with Gasteiger partial charge in [0.05, 0.1) is 25.7 Å². The fourth-order valence-corrected chi connectivity index (χ4v) is 4.47. The smallest absolute Gasteiger partial charge is 0.222 e. The zero-order valence-electron chi connectivity index (χ0n) is 19.1. The number of amides is 1. The van der Waals surface area contributed by atoms with Gasteiger partial charge in [0.1, 0.15) is 22.8 Å². The third kappa shape index (κ3) is 4.59. The van der Waals surface area contributed by atoms with Gasteiger partial charge in [0.25, 0.3) is 0 Å². The quantitative estimate of drug-likeness (QED) is 0.623. The van der Waals surface area contributed by atoms with Gasteiger partial charge < -0.3 is 19.1 Å². The molecule has 2 aromatic carbocycles. The van der Waals surface area contributed by atoms with Gasteiger partial charge in [0, 0.05) is 32.4 Å². The SMILES string of the molecule is COc1ccc(OCCCC(=O)N2CCC3(CC2)CC(=O)c2ccc(C)c(C)c2O3)cc1. The van der Waals surface area contributed by atoms with Crippen LogP contribution >= 0.6 is 0 Å². The van der Waals surface area contributed by atoms with Crippen LogP contribution in [0.25, 0.3) is 0 Å². The number of nitrogens with zero attached hydrogens (tertiary/aromatic N) is 1. The summed E-state index contributed by atoms with van der Waals surface area (Å²) in [6.07, 6.45) is 2.86. The normalized spacial score (nSPS) is 17.0. The highest BCUT2D eigenvalue weighted by Crippen LogP contribution is 2.41. The second-order valence-electron chi connectivity index (χ2n) is 8.78. The Morgan fingerprint density at radius 3 is 2.44 bits per heavy atom. The highest BCUT2D eigenvalue weighted by molar-refractivity contribution is 6.01. The van der Waals surface area contributed by atoms with Crippen molar-refractivity contribution in [3.8, 4) is 17.2 Å². The molecule has 2 aliphatic heterocycles. The van der Waals surface area contributed by atoms with E-state index in [0.717, 1.165) is 28.4 Å². The van der Waals surface area contributed by atoms with Crippen LogP contribution in [0.4, 0.5) is 0 Å². The molecule has 1 amide bonds. The molecule has 0 saturated carbocycles. The number of carbonyl (C=O) groups is 2. The van der Waals surface area contributed by atoms with E-state index in [-0.39, 0.29) is 11.7 Å². The van der Waals surface area contributed by atoms with Crippen molar-refractivity contribution in [3.05, 3.63) is 53.1 Å². The molecule has 6 nitrogen and oxygen atoms in total. The van der Waals surface area contributed by atoms with Gasteiger partial charge in [-0.3, -0.25) is 9.59 Å². The van der Waals surface area contributed by atoms with Crippen molar-refractivity contribution in [1.82, 2.24) is 4.90 Å². The lowest BCUT2D eigenvalue weighted by atomic mass is 9.81. The van der Waals surface area contributed by atoms with E-state index in [1.807, 2.05) is 55.1 Å². The molecule has 170 valence electrons. The molecule has 0 aliphatic carbocycles. The fraction of sp³-hybridized carbons (Fsp3) is 0.462. The molecule has 2 aliphatic rings. The Bertz CT molecular complexity index is 990. The fourth-order valence-electron chi connectivity index (χ4n) is 4.47. The molecule has 1 saturated heterocycles. The zero-order valence-corrected chi connectivity index (χ0v) is 19.1. The van der Waals surface area contributed by atoms with E-state index in [1.54, 1.807) is 7.11 Å². The maximum Gasteiger partial charge on any atom is 0.222 e. The van der Waals surface area contributed by atoms with Crippen LogP contribution in [0, 0.1) is 13.8 Å². The number of piperidine rings is 1. The molecule has 1 spiro atoms. The molecule has 0 atom stereocenters. The summed E-state index contributed by atoms with van der Waals surface area (Å²) in [5, 5.41) is 0. The average Bonchev–Trinajstić information content (AvgIpc) is 2.80. The third-order valence-corrected chi connectivity index (χ3v) is 6.67. The number of rotatable bonds is 6. The summed E-state index contributed by atoms with van der Waals surface area (Å²) < 4.78 is 17.3. The molecule has 32 heavy (non-hydrogen) atoms. The monoisotopic (exact) mass is 437 g/mol. The number of likely N-dealkylation sites (tertiary alicyclic amines) is 1. The van der Waals surface area contributed by atoms with Gasteiger partial charge in [-0.2, -0.15) is 0 Å². The lowest BCUT2D eigenvalue weighted by molar-refractivity contribution is -0.135. The second kappa shape index (κ2) is 9.23. The predicted molar refractivity (Wildman–Crippen MR) is 122 cm³/mol. The topological polar surface area (TPSA) is 65.1 Å². The number of aryl methyl sites for hydroxylation is 1. The first-order valence-corrected chi connectivity index (χ1v) is 11.3.